The third-order valence-electron chi connectivity index (χ3n) is 8.67. The van der Waals surface area contributed by atoms with Gasteiger partial charge in [-0.2, -0.15) is 31.4 Å². The van der Waals surface area contributed by atoms with E-state index < -0.39 is 20.4 Å². The SMILES string of the molecule is [C-]#[N+]c1ccc2c(c1)N(CC)C(=CC=C(C#N)C=Cc1ccc3cc(S(=O)(=O)O)ccc3[n+]1CCNS(=O)(=O)O)N2CCCCN1C(=O)C=C(C)C1=O. The predicted molar refractivity (Wildman–Crippen MR) is 197 cm³/mol. The maximum Gasteiger partial charge on any atom is 0.333 e. The highest BCUT2D eigenvalue weighted by Gasteiger charge is 2.31. The number of hydrogen-bond donors (Lipinski definition) is 3. The van der Waals surface area contributed by atoms with Gasteiger partial charge in [-0.05, 0) is 75.2 Å². The first-order valence-electron chi connectivity index (χ1n) is 16.4. The molecule has 2 aliphatic heterocycles. The van der Waals surface area contributed by atoms with Crippen LogP contribution in [-0.2, 0) is 36.6 Å². The molecule has 0 saturated heterocycles. The van der Waals surface area contributed by atoms with E-state index in [-0.39, 0.29) is 41.9 Å². The number of carbonyl (C=O) groups excluding carboxylic acids is 2. The van der Waals surface area contributed by atoms with Crippen molar-refractivity contribution >= 4 is 66.3 Å². The first-order valence-corrected chi connectivity index (χ1v) is 19.3. The number of anilines is 2. The summed E-state index contributed by atoms with van der Waals surface area (Å²) in [5.41, 5.74) is 3.83. The predicted octanol–water partition coefficient (Wildman–Crippen LogP) is 4.06. The number of nitriles is 1. The van der Waals surface area contributed by atoms with Crippen molar-refractivity contribution in [2.24, 2.45) is 0 Å². The summed E-state index contributed by atoms with van der Waals surface area (Å²) in [4.78, 5) is 33.1. The molecule has 0 aliphatic carbocycles. The highest BCUT2D eigenvalue weighted by Crippen LogP contribution is 2.43. The van der Waals surface area contributed by atoms with E-state index in [1.807, 2.05) is 22.6 Å². The second kappa shape index (κ2) is 15.9. The number of nitrogens with zero attached hydrogens (tertiary/aromatic N) is 6. The van der Waals surface area contributed by atoms with Crippen LogP contribution >= 0.6 is 0 Å². The lowest BCUT2D eigenvalue weighted by Crippen LogP contribution is -2.43. The number of imide groups is 1. The van der Waals surface area contributed by atoms with Crippen molar-refractivity contribution in [3.63, 3.8) is 0 Å². The van der Waals surface area contributed by atoms with Crippen LogP contribution in [0.5, 0.6) is 0 Å². The fraction of sp³-hybridized carbons (Fsp3) is 0.250. The van der Waals surface area contributed by atoms with E-state index in [1.54, 1.807) is 60.1 Å². The van der Waals surface area contributed by atoms with Gasteiger partial charge in [0.25, 0.3) is 21.9 Å². The third-order valence-corrected chi connectivity index (χ3v) is 10.1. The Morgan fingerprint density at radius 1 is 1.00 bits per heavy atom. The van der Waals surface area contributed by atoms with Crippen molar-refractivity contribution in [2.45, 2.75) is 38.1 Å². The minimum Gasteiger partial charge on any atom is -0.327 e. The van der Waals surface area contributed by atoms with Crippen molar-refractivity contribution in [1.82, 2.24) is 9.62 Å². The number of amides is 2. The number of rotatable bonds is 14. The molecule has 3 N–H and O–H groups in total. The maximum atomic E-state index is 12.3. The third kappa shape index (κ3) is 8.86. The Morgan fingerprint density at radius 2 is 1.74 bits per heavy atom. The summed E-state index contributed by atoms with van der Waals surface area (Å²) < 4.78 is 68.5. The Balaban J connectivity index is 1.45. The molecule has 0 saturated carbocycles. The van der Waals surface area contributed by atoms with Crippen LogP contribution in [0.3, 0.4) is 0 Å². The van der Waals surface area contributed by atoms with Crippen molar-refractivity contribution in [3.8, 4) is 6.07 Å². The van der Waals surface area contributed by atoms with Crippen LogP contribution in [0.4, 0.5) is 17.1 Å². The van der Waals surface area contributed by atoms with E-state index in [9.17, 15) is 40.8 Å². The standard InChI is InChI=1S/C36H35N7O8S2/c1-4-40-33-23-28(38-3)10-14-32(33)42(18-5-6-19-43-35(44)21-25(2)36(43)45)34(40)16-8-26(24-37)7-11-29-12-9-27-22-30(52(46,47)48)13-15-31(27)41(29)20-17-39-53(49,50)51/h7-16,21-23,39H,4-6,17-20H2,1-2H3,(H-,46,47,48,49,50,51)/p+1. The molecule has 0 spiro atoms. The Hall–Kier alpha value is -5.69. The van der Waals surface area contributed by atoms with Gasteiger partial charge in [-0.3, -0.25) is 23.6 Å². The summed E-state index contributed by atoms with van der Waals surface area (Å²) in [7, 11) is -8.98. The molecule has 1 aromatic heterocycles. The Bertz CT molecular complexity index is 2420. The van der Waals surface area contributed by atoms with Gasteiger partial charge in [-0.25, -0.2) is 4.85 Å². The first kappa shape index (κ1) is 38.5. The molecule has 3 aromatic rings. The molecule has 2 aromatic carbocycles. The number of aromatic nitrogens is 1. The molecule has 2 amide bonds. The van der Waals surface area contributed by atoms with E-state index >= 15 is 0 Å². The molecule has 0 bridgehead atoms. The van der Waals surface area contributed by atoms with Gasteiger partial charge in [0, 0.05) is 54.9 Å². The Kier molecular flexibility index (Phi) is 11.6. The van der Waals surface area contributed by atoms with E-state index in [1.165, 1.54) is 29.2 Å². The van der Waals surface area contributed by atoms with E-state index in [2.05, 4.69) is 15.8 Å². The van der Waals surface area contributed by atoms with Gasteiger partial charge in [0.1, 0.15) is 5.82 Å². The van der Waals surface area contributed by atoms with Gasteiger partial charge in [0.05, 0.1) is 41.0 Å². The first-order chi connectivity index (χ1) is 25.1. The topological polar surface area (TPSA) is 197 Å². The summed E-state index contributed by atoms with van der Waals surface area (Å²) in [6.45, 7) is 12.3. The number of fused-ring (bicyclic) bond motifs is 2. The molecule has 53 heavy (non-hydrogen) atoms. The minimum absolute atomic E-state index is 0.0130. The summed E-state index contributed by atoms with van der Waals surface area (Å²) >= 11 is 0. The fourth-order valence-electron chi connectivity index (χ4n) is 6.18. The average molecular weight is 759 g/mol. The largest absolute Gasteiger partial charge is 0.333 e. The summed E-state index contributed by atoms with van der Waals surface area (Å²) in [6.07, 6.45) is 9.17. The lowest BCUT2D eigenvalue weighted by atomic mass is 10.1. The molecule has 0 fully saturated rings. The second-order valence-electron chi connectivity index (χ2n) is 12.1. The molecular formula is C36H36N7O8S2+. The molecule has 17 heteroatoms. The number of allylic oxidation sites excluding steroid dienone is 4. The van der Waals surface area contributed by atoms with Crippen molar-refractivity contribution in [3.05, 3.63) is 107 Å². The van der Waals surface area contributed by atoms with Gasteiger partial charge in [0.15, 0.2) is 12.2 Å². The minimum atomic E-state index is -4.49. The monoisotopic (exact) mass is 758 g/mol. The van der Waals surface area contributed by atoms with Crippen LogP contribution in [0.25, 0.3) is 21.8 Å². The van der Waals surface area contributed by atoms with Crippen LogP contribution in [0.2, 0.25) is 0 Å². The van der Waals surface area contributed by atoms with Crippen LogP contribution in [0, 0.1) is 17.9 Å². The molecule has 0 unspecified atom stereocenters. The van der Waals surface area contributed by atoms with Crippen LogP contribution in [-0.4, -0.2) is 68.8 Å². The van der Waals surface area contributed by atoms with E-state index in [0.717, 1.165) is 17.2 Å². The lowest BCUT2D eigenvalue weighted by Gasteiger charge is -2.25. The summed E-state index contributed by atoms with van der Waals surface area (Å²) in [5.74, 6) is 0.146. The zero-order valence-electron chi connectivity index (χ0n) is 28.8. The summed E-state index contributed by atoms with van der Waals surface area (Å²) in [5, 5.41) is 10.5. The number of hydrogen-bond acceptors (Lipinski definition) is 9. The summed E-state index contributed by atoms with van der Waals surface area (Å²) in [6, 6.07) is 14.8. The highest BCUT2D eigenvalue weighted by molar-refractivity contribution is 7.85. The van der Waals surface area contributed by atoms with Gasteiger partial charge >= 0.3 is 10.3 Å². The smallest absolute Gasteiger partial charge is 0.327 e. The molecule has 0 atom stereocenters. The number of carbonyl (C=O) groups is 2. The van der Waals surface area contributed by atoms with Gasteiger partial charge in [0.2, 0.25) is 11.2 Å². The quantitative estimate of drug-likeness (QED) is 0.0408. The zero-order chi connectivity index (χ0) is 38.5. The molecule has 15 nitrogen and oxygen atoms in total. The lowest BCUT2D eigenvalue weighted by molar-refractivity contribution is -0.670. The normalized spacial score (nSPS) is 15.8. The molecular weight excluding hydrogens is 723 g/mol. The Labute approximate surface area is 307 Å². The van der Waals surface area contributed by atoms with Gasteiger partial charge in [-0.15, -0.1) is 0 Å². The van der Waals surface area contributed by atoms with Gasteiger partial charge < -0.3 is 9.80 Å². The van der Waals surface area contributed by atoms with Crippen LogP contribution in [0.15, 0.2) is 94.7 Å². The molecule has 2 aliphatic rings. The second-order valence-corrected chi connectivity index (χ2v) is 14.7. The van der Waals surface area contributed by atoms with Crippen LogP contribution < -0.4 is 19.1 Å². The number of benzene rings is 2. The van der Waals surface area contributed by atoms with E-state index in [0.29, 0.717) is 53.8 Å². The van der Waals surface area contributed by atoms with Crippen molar-refractivity contribution in [1.29, 1.82) is 5.26 Å². The fourth-order valence-corrected chi connectivity index (χ4v) is 7.05. The maximum absolute atomic E-state index is 12.3. The van der Waals surface area contributed by atoms with E-state index in [4.69, 9.17) is 6.57 Å². The van der Waals surface area contributed by atoms with Crippen molar-refractivity contribution < 1.29 is 40.1 Å². The average Bonchev–Trinajstić information content (AvgIpc) is 3.54. The number of nitrogens with one attached hydrogen (secondary N) is 1. The molecule has 274 valence electrons. The van der Waals surface area contributed by atoms with Gasteiger partial charge in [-0.1, -0.05) is 6.07 Å². The Morgan fingerprint density at radius 3 is 2.36 bits per heavy atom. The van der Waals surface area contributed by atoms with Crippen molar-refractivity contribution in [2.75, 3.05) is 36.0 Å². The molecule has 3 heterocycles. The highest BCUT2D eigenvalue weighted by atomic mass is 32.2. The zero-order valence-corrected chi connectivity index (χ0v) is 30.4. The number of unbranched alkanes of at least 4 members (excludes halogenated alkanes) is 1. The molecule has 0 radical (unpaired) electrons. The molecule has 5 rings (SSSR count). The van der Waals surface area contributed by atoms with Crippen LogP contribution in [0.1, 0.15) is 32.4 Å². The number of pyridine rings is 1.